The van der Waals surface area contributed by atoms with Crippen molar-refractivity contribution in [3.05, 3.63) is 30.6 Å². The molecular weight excluding hydrogens is 190 g/mol. The van der Waals surface area contributed by atoms with Crippen molar-refractivity contribution in [1.82, 2.24) is 19.6 Å². The van der Waals surface area contributed by atoms with E-state index in [1.54, 1.807) is 16.9 Å². The second-order valence-electron chi connectivity index (χ2n) is 3.19. The van der Waals surface area contributed by atoms with Gasteiger partial charge in [-0.2, -0.15) is 9.61 Å². The average molecular weight is 199 g/mol. The van der Waals surface area contributed by atoms with Crippen LogP contribution in [-0.4, -0.2) is 26.6 Å². The molecule has 0 radical (unpaired) electrons. The van der Waals surface area contributed by atoms with Crippen molar-refractivity contribution in [2.75, 3.05) is 12.4 Å². The Morgan fingerprint density at radius 3 is 3.07 bits per heavy atom. The average Bonchev–Trinajstić information content (AvgIpc) is 2.76. The van der Waals surface area contributed by atoms with E-state index in [-0.39, 0.29) is 0 Å². The summed E-state index contributed by atoms with van der Waals surface area (Å²) in [7, 11) is 1.85. The minimum Gasteiger partial charge on any atom is -0.372 e. The number of nitrogens with zero attached hydrogens (tertiary/aromatic N) is 4. The maximum absolute atomic E-state index is 4.43. The van der Waals surface area contributed by atoms with Gasteiger partial charge in [0.15, 0.2) is 11.3 Å². The van der Waals surface area contributed by atoms with Gasteiger partial charge in [0.25, 0.3) is 0 Å². The molecule has 0 bridgehead atoms. The van der Waals surface area contributed by atoms with Gasteiger partial charge in [0.2, 0.25) is 0 Å². The smallest absolute Gasteiger partial charge is 0.166 e. The Balaban J connectivity index is 2.58. The molecule has 3 rings (SSSR count). The summed E-state index contributed by atoms with van der Waals surface area (Å²) in [5, 5.41) is 8.21. The Labute approximate surface area is 85.8 Å². The molecule has 0 saturated carbocycles. The van der Waals surface area contributed by atoms with Crippen LogP contribution >= 0.6 is 0 Å². The Bertz CT molecular complexity index is 628. The van der Waals surface area contributed by atoms with Gasteiger partial charge in [0, 0.05) is 19.3 Å². The van der Waals surface area contributed by atoms with Crippen molar-refractivity contribution in [3.63, 3.8) is 0 Å². The zero-order chi connectivity index (χ0) is 10.3. The van der Waals surface area contributed by atoms with Crippen molar-refractivity contribution in [2.24, 2.45) is 0 Å². The fourth-order valence-electron chi connectivity index (χ4n) is 1.66. The van der Waals surface area contributed by atoms with Gasteiger partial charge in [-0.05, 0) is 12.1 Å². The number of pyridine rings is 1. The van der Waals surface area contributed by atoms with Crippen molar-refractivity contribution >= 4 is 22.5 Å². The van der Waals surface area contributed by atoms with Gasteiger partial charge in [0.05, 0.1) is 11.6 Å². The summed E-state index contributed by atoms with van der Waals surface area (Å²) in [5.74, 6) is 0.825. The van der Waals surface area contributed by atoms with E-state index < -0.39 is 0 Å². The SMILES string of the molecule is CNc1nc2ccnn2c2ncccc12. The molecule has 5 nitrogen and oxygen atoms in total. The maximum Gasteiger partial charge on any atom is 0.166 e. The van der Waals surface area contributed by atoms with E-state index >= 15 is 0 Å². The summed E-state index contributed by atoms with van der Waals surface area (Å²) in [5.41, 5.74) is 1.61. The number of rotatable bonds is 1. The second-order valence-corrected chi connectivity index (χ2v) is 3.19. The predicted octanol–water partition coefficient (Wildman–Crippen LogP) is 1.32. The highest BCUT2D eigenvalue weighted by Gasteiger charge is 2.07. The van der Waals surface area contributed by atoms with Crippen LogP contribution in [0, 0.1) is 0 Å². The van der Waals surface area contributed by atoms with E-state index in [0.717, 1.165) is 22.5 Å². The fourth-order valence-corrected chi connectivity index (χ4v) is 1.66. The molecule has 0 amide bonds. The Morgan fingerprint density at radius 2 is 2.20 bits per heavy atom. The van der Waals surface area contributed by atoms with Gasteiger partial charge >= 0.3 is 0 Å². The highest BCUT2D eigenvalue weighted by Crippen LogP contribution is 2.19. The van der Waals surface area contributed by atoms with Gasteiger partial charge in [0.1, 0.15) is 5.82 Å². The number of aromatic nitrogens is 4. The summed E-state index contributed by atoms with van der Waals surface area (Å²) >= 11 is 0. The molecule has 74 valence electrons. The molecule has 0 fully saturated rings. The quantitative estimate of drug-likeness (QED) is 0.642. The second kappa shape index (κ2) is 2.91. The minimum atomic E-state index is 0.797. The normalized spacial score (nSPS) is 11.0. The van der Waals surface area contributed by atoms with Crippen LogP contribution in [0.15, 0.2) is 30.6 Å². The predicted molar refractivity (Wildman–Crippen MR) is 57.8 cm³/mol. The molecule has 15 heavy (non-hydrogen) atoms. The zero-order valence-electron chi connectivity index (χ0n) is 8.18. The Hall–Kier alpha value is -2.17. The van der Waals surface area contributed by atoms with Crippen molar-refractivity contribution in [2.45, 2.75) is 0 Å². The first-order chi connectivity index (χ1) is 7.40. The van der Waals surface area contributed by atoms with Crippen LogP contribution in [0.2, 0.25) is 0 Å². The number of anilines is 1. The molecule has 3 heterocycles. The minimum absolute atomic E-state index is 0.797. The van der Waals surface area contributed by atoms with Crippen LogP contribution in [0.25, 0.3) is 16.7 Å². The first-order valence-corrected chi connectivity index (χ1v) is 4.66. The molecule has 0 aliphatic carbocycles. The van der Waals surface area contributed by atoms with Gasteiger partial charge in [-0.3, -0.25) is 0 Å². The number of hydrogen-bond donors (Lipinski definition) is 1. The lowest BCUT2D eigenvalue weighted by atomic mass is 10.3. The molecular formula is C10H9N5. The van der Waals surface area contributed by atoms with E-state index in [1.165, 1.54) is 0 Å². The van der Waals surface area contributed by atoms with Crippen molar-refractivity contribution < 1.29 is 0 Å². The molecule has 0 saturated heterocycles. The van der Waals surface area contributed by atoms with Crippen molar-refractivity contribution in [3.8, 4) is 0 Å². The number of fused-ring (bicyclic) bond motifs is 3. The standard InChI is InChI=1S/C10H9N5/c1-11-9-7-3-2-5-12-10(7)15-8(14-9)4-6-13-15/h2-6H,1H3,(H,11,14). The largest absolute Gasteiger partial charge is 0.372 e. The van der Waals surface area contributed by atoms with Crippen molar-refractivity contribution in [1.29, 1.82) is 0 Å². The Kier molecular flexibility index (Phi) is 1.58. The van der Waals surface area contributed by atoms with Crippen LogP contribution in [0.3, 0.4) is 0 Å². The summed E-state index contributed by atoms with van der Waals surface area (Å²) in [6, 6.07) is 5.72. The highest BCUT2D eigenvalue weighted by atomic mass is 15.3. The van der Waals surface area contributed by atoms with Gasteiger partial charge in [-0.15, -0.1) is 0 Å². The third kappa shape index (κ3) is 1.06. The van der Waals surface area contributed by atoms with Crippen LogP contribution in [0.5, 0.6) is 0 Å². The van der Waals surface area contributed by atoms with E-state index in [4.69, 9.17) is 0 Å². The lowest BCUT2D eigenvalue weighted by molar-refractivity contribution is 0.964. The van der Waals surface area contributed by atoms with Crippen LogP contribution < -0.4 is 5.32 Å². The first-order valence-electron chi connectivity index (χ1n) is 4.66. The van der Waals surface area contributed by atoms with Gasteiger partial charge in [-0.25, -0.2) is 9.97 Å². The highest BCUT2D eigenvalue weighted by molar-refractivity contribution is 5.88. The van der Waals surface area contributed by atoms with E-state index in [1.807, 2.05) is 25.2 Å². The van der Waals surface area contributed by atoms with Crippen LogP contribution in [0.1, 0.15) is 0 Å². The molecule has 1 N–H and O–H groups in total. The van der Waals surface area contributed by atoms with Gasteiger partial charge < -0.3 is 5.32 Å². The number of nitrogens with one attached hydrogen (secondary N) is 1. The molecule has 0 aliphatic heterocycles. The third-order valence-corrected chi connectivity index (χ3v) is 2.33. The Morgan fingerprint density at radius 1 is 1.27 bits per heavy atom. The van der Waals surface area contributed by atoms with E-state index in [0.29, 0.717) is 0 Å². The summed E-state index contributed by atoms with van der Waals surface area (Å²) in [6.45, 7) is 0. The molecule has 3 aromatic heterocycles. The van der Waals surface area contributed by atoms with Crippen LogP contribution in [0.4, 0.5) is 5.82 Å². The molecule has 0 unspecified atom stereocenters. The lowest BCUT2D eigenvalue weighted by Gasteiger charge is -2.05. The van der Waals surface area contributed by atoms with E-state index in [2.05, 4.69) is 20.4 Å². The number of hydrogen-bond acceptors (Lipinski definition) is 4. The van der Waals surface area contributed by atoms with Gasteiger partial charge in [-0.1, -0.05) is 0 Å². The fraction of sp³-hybridized carbons (Fsp3) is 0.100. The summed E-state index contributed by atoms with van der Waals surface area (Å²) < 4.78 is 1.73. The first kappa shape index (κ1) is 8.16. The molecule has 0 atom stereocenters. The molecule has 3 aromatic rings. The van der Waals surface area contributed by atoms with Crippen LogP contribution in [-0.2, 0) is 0 Å². The summed E-state index contributed by atoms with van der Waals surface area (Å²) in [4.78, 5) is 8.74. The zero-order valence-corrected chi connectivity index (χ0v) is 8.18. The summed E-state index contributed by atoms with van der Waals surface area (Å²) in [6.07, 6.45) is 3.47. The lowest BCUT2D eigenvalue weighted by Crippen LogP contribution is -2.00. The topological polar surface area (TPSA) is 55.1 Å². The maximum atomic E-state index is 4.43. The van der Waals surface area contributed by atoms with E-state index in [9.17, 15) is 0 Å². The molecule has 0 aromatic carbocycles. The molecule has 0 spiro atoms. The third-order valence-electron chi connectivity index (χ3n) is 2.33. The monoisotopic (exact) mass is 199 g/mol. The molecule has 5 heteroatoms. The molecule has 0 aliphatic rings.